The monoisotopic (exact) mass is 316 g/mol. The second kappa shape index (κ2) is 5.87. The highest BCUT2D eigenvalue weighted by atomic mass is 35.5. The highest BCUT2D eigenvalue weighted by Crippen LogP contribution is 2.37. The summed E-state index contributed by atoms with van der Waals surface area (Å²) < 4.78 is 5.31. The van der Waals surface area contributed by atoms with Crippen LogP contribution in [0.4, 0.5) is 11.5 Å². The van der Waals surface area contributed by atoms with Gasteiger partial charge in [0, 0.05) is 7.05 Å². The number of pyridine rings is 1. The number of hydrogen-bond acceptors (Lipinski definition) is 3. The minimum Gasteiger partial charge on any atom is -0.495 e. The lowest BCUT2D eigenvalue weighted by Crippen LogP contribution is -2.13. The molecule has 0 atom stereocenters. The van der Waals surface area contributed by atoms with Crippen LogP contribution in [0.2, 0.25) is 15.2 Å². The highest BCUT2D eigenvalue weighted by Gasteiger charge is 2.16. The van der Waals surface area contributed by atoms with E-state index in [1.807, 2.05) is 31.3 Å². The summed E-state index contributed by atoms with van der Waals surface area (Å²) in [6.45, 7) is 0. The van der Waals surface area contributed by atoms with Gasteiger partial charge in [-0.15, -0.1) is 0 Å². The van der Waals surface area contributed by atoms with E-state index in [1.54, 1.807) is 18.1 Å². The van der Waals surface area contributed by atoms with E-state index in [4.69, 9.17) is 39.5 Å². The zero-order chi connectivity index (χ0) is 14.0. The largest absolute Gasteiger partial charge is 0.495 e. The van der Waals surface area contributed by atoms with Crippen molar-refractivity contribution in [2.75, 3.05) is 19.1 Å². The Morgan fingerprint density at radius 3 is 2.47 bits per heavy atom. The quantitative estimate of drug-likeness (QED) is 0.759. The Morgan fingerprint density at radius 2 is 1.79 bits per heavy atom. The average Bonchev–Trinajstić information content (AvgIpc) is 2.42. The molecule has 0 aliphatic rings. The maximum Gasteiger partial charge on any atom is 0.153 e. The van der Waals surface area contributed by atoms with E-state index in [-0.39, 0.29) is 5.15 Å². The van der Waals surface area contributed by atoms with E-state index in [0.29, 0.717) is 21.6 Å². The molecule has 1 aromatic carbocycles. The third kappa shape index (κ3) is 2.89. The van der Waals surface area contributed by atoms with Gasteiger partial charge in [-0.2, -0.15) is 0 Å². The normalized spacial score (nSPS) is 10.4. The van der Waals surface area contributed by atoms with E-state index in [1.165, 1.54) is 0 Å². The molecule has 0 aliphatic heterocycles. The van der Waals surface area contributed by atoms with Crippen molar-refractivity contribution in [2.45, 2.75) is 0 Å². The number of benzene rings is 1. The molecule has 3 nitrogen and oxygen atoms in total. The molecule has 0 bridgehead atoms. The maximum atomic E-state index is 6.15. The molecule has 0 saturated carbocycles. The number of methoxy groups -OCH3 is 1. The SMILES string of the molecule is COc1ccccc1N(C)c1nc(Cl)c(Cl)cc1Cl. The molecule has 6 heteroatoms. The first-order chi connectivity index (χ1) is 9.04. The number of para-hydroxylation sites is 2. The van der Waals surface area contributed by atoms with Gasteiger partial charge in [-0.1, -0.05) is 46.9 Å². The summed E-state index contributed by atoms with van der Waals surface area (Å²) in [6.07, 6.45) is 0. The van der Waals surface area contributed by atoms with Crippen LogP contribution in [0.15, 0.2) is 30.3 Å². The van der Waals surface area contributed by atoms with E-state index in [9.17, 15) is 0 Å². The van der Waals surface area contributed by atoms with Crippen molar-refractivity contribution >= 4 is 46.3 Å². The predicted octanol–water partition coefficient (Wildman–Crippen LogP) is 4.82. The van der Waals surface area contributed by atoms with Crippen molar-refractivity contribution in [1.82, 2.24) is 4.98 Å². The number of nitrogens with zero attached hydrogens (tertiary/aromatic N) is 2. The Bertz CT molecular complexity index is 604. The first-order valence-electron chi connectivity index (χ1n) is 5.43. The smallest absolute Gasteiger partial charge is 0.153 e. The summed E-state index contributed by atoms with van der Waals surface area (Å²) in [5.74, 6) is 1.23. The van der Waals surface area contributed by atoms with Gasteiger partial charge in [0.1, 0.15) is 10.9 Å². The lowest BCUT2D eigenvalue weighted by Gasteiger charge is -2.22. The van der Waals surface area contributed by atoms with Gasteiger partial charge in [-0.05, 0) is 18.2 Å². The average molecular weight is 318 g/mol. The number of anilines is 2. The highest BCUT2D eigenvalue weighted by molar-refractivity contribution is 6.43. The number of aromatic nitrogens is 1. The molecule has 19 heavy (non-hydrogen) atoms. The molecule has 2 rings (SSSR count). The fourth-order valence-corrected chi connectivity index (χ4v) is 2.31. The Morgan fingerprint density at radius 1 is 1.11 bits per heavy atom. The molecule has 0 fully saturated rings. The molecule has 0 N–H and O–H groups in total. The summed E-state index contributed by atoms with van der Waals surface area (Å²) in [5.41, 5.74) is 0.831. The maximum absolute atomic E-state index is 6.15. The molecule has 0 radical (unpaired) electrons. The van der Waals surface area contributed by atoms with Gasteiger partial charge in [0.15, 0.2) is 5.82 Å². The van der Waals surface area contributed by atoms with Gasteiger partial charge in [-0.3, -0.25) is 0 Å². The van der Waals surface area contributed by atoms with Crippen LogP contribution >= 0.6 is 34.8 Å². The topological polar surface area (TPSA) is 25.4 Å². The second-order valence-corrected chi connectivity index (χ2v) is 4.97. The van der Waals surface area contributed by atoms with Crippen LogP contribution in [-0.4, -0.2) is 19.1 Å². The molecular formula is C13H11Cl3N2O. The second-order valence-electron chi connectivity index (χ2n) is 3.80. The molecule has 1 heterocycles. The molecular weight excluding hydrogens is 307 g/mol. The predicted molar refractivity (Wildman–Crippen MR) is 80.3 cm³/mol. The number of hydrogen-bond donors (Lipinski definition) is 0. The Balaban J connectivity index is 2.50. The molecule has 100 valence electrons. The van der Waals surface area contributed by atoms with Gasteiger partial charge < -0.3 is 9.64 Å². The van der Waals surface area contributed by atoms with E-state index >= 15 is 0 Å². The van der Waals surface area contributed by atoms with Crippen molar-refractivity contribution in [1.29, 1.82) is 0 Å². The number of rotatable bonds is 3. The van der Waals surface area contributed by atoms with Gasteiger partial charge in [0.2, 0.25) is 0 Å². The van der Waals surface area contributed by atoms with Crippen molar-refractivity contribution < 1.29 is 4.74 Å². The summed E-state index contributed by atoms with van der Waals surface area (Å²) in [4.78, 5) is 5.99. The Hall–Kier alpha value is -1.16. The third-order valence-corrected chi connectivity index (χ3v) is 3.58. The first kappa shape index (κ1) is 14.3. The molecule has 0 unspecified atom stereocenters. The van der Waals surface area contributed by atoms with Gasteiger partial charge in [0.25, 0.3) is 0 Å². The van der Waals surface area contributed by atoms with Crippen LogP contribution in [0.5, 0.6) is 5.75 Å². The van der Waals surface area contributed by atoms with Crippen molar-refractivity contribution in [3.63, 3.8) is 0 Å². The van der Waals surface area contributed by atoms with Crippen LogP contribution in [0, 0.1) is 0 Å². The molecule has 2 aromatic rings. The lowest BCUT2D eigenvalue weighted by molar-refractivity contribution is 0.415. The minimum absolute atomic E-state index is 0.211. The molecule has 0 saturated heterocycles. The molecule has 0 aliphatic carbocycles. The van der Waals surface area contributed by atoms with Gasteiger partial charge in [0.05, 0.1) is 22.8 Å². The van der Waals surface area contributed by atoms with Crippen LogP contribution in [0.1, 0.15) is 0 Å². The summed E-state index contributed by atoms with van der Waals surface area (Å²) >= 11 is 18.0. The van der Waals surface area contributed by atoms with Crippen LogP contribution in [0.3, 0.4) is 0 Å². The van der Waals surface area contributed by atoms with E-state index < -0.39 is 0 Å². The van der Waals surface area contributed by atoms with Crippen LogP contribution in [0.25, 0.3) is 0 Å². The summed E-state index contributed by atoms with van der Waals surface area (Å²) in [7, 11) is 3.44. The molecule has 1 aromatic heterocycles. The zero-order valence-corrected chi connectivity index (χ0v) is 12.6. The van der Waals surface area contributed by atoms with Gasteiger partial charge >= 0.3 is 0 Å². The van der Waals surface area contributed by atoms with Crippen molar-refractivity contribution in [3.8, 4) is 5.75 Å². The Labute approximate surface area is 126 Å². The Kier molecular flexibility index (Phi) is 4.40. The van der Waals surface area contributed by atoms with Crippen LogP contribution < -0.4 is 9.64 Å². The third-order valence-electron chi connectivity index (χ3n) is 2.63. The molecule has 0 amide bonds. The van der Waals surface area contributed by atoms with Gasteiger partial charge in [-0.25, -0.2) is 4.98 Å². The van der Waals surface area contributed by atoms with Crippen molar-refractivity contribution in [3.05, 3.63) is 45.5 Å². The van der Waals surface area contributed by atoms with Crippen molar-refractivity contribution in [2.24, 2.45) is 0 Å². The first-order valence-corrected chi connectivity index (χ1v) is 6.56. The molecule has 0 spiro atoms. The fraction of sp³-hybridized carbons (Fsp3) is 0.154. The number of halogens is 3. The van der Waals surface area contributed by atoms with E-state index in [2.05, 4.69) is 4.98 Å². The fourth-order valence-electron chi connectivity index (χ4n) is 1.69. The van der Waals surface area contributed by atoms with E-state index in [0.717, 1.165) is 5.69 Å². The minimum atomic E-state index is 0.211. The van der Waals surface area contributed by atoms with Crippen LogP contribution in [-0.2, 0) is 0 Å². The number of ether oxygens (including phenoxy) is 1. The summed E-state index contributed by atoms with van der Waals surface area (Å²) in [5, 5.41) is 0.953. The lowest BCUT2D eigenvalue weighted by atomic mass is 10.2. The zero-order valence-electron chi connectivity index (χ0n) is 10.3. The standard InChI is InChI=1S/C13H11Cl3N2O/c1-18(10-5-3-4-6-11(10)19-2)13-9(15)7-8(14)12(16)17-13/h3-7H,1-2H3. The summed E-state index contributed by atoms with van der Waals surface area (Å²) in [6, 6.07) is 9.12.